The van der Waals surface area contributed by atoms with Gasteiger partial charge in [0, 0.05) is 40.5 Å². The van der Waals surface area contributed by atoms with Crippen molar-refractivity contribution in [2.24, 2.45) is 0 Å². The molecule has 1 atom stereocenters. The van der Waals surface area contributed by atoms with Gasteiger partial charge in [-0.25, -0.2) is 0 Å². The number of nitrogens with one attached hydrogen (secondary N) is 1. The molecule has 0 bridgehead atoms. The molecule has 0 aromatic heterocycles. The van der Waals surface area contributed by atoms with E-state index in [0.29, 0.717) is 17.9 Å². The van der Waals surface area contributed by atoms with Crippen molar-refractivity contribution in [1.82, 2.24) is 5.32 Å². The molecule has 4 nitrogen and oxygen atoms in total. The van der Waals surface area contributed by atoms with Crippen molar-refractivity contribution in [2.75, 3.05) is 25.2 Å². The first-order valence-corrected chi connectivity index (χ1v) is 7.14. The van der Waals surface area contributed by atoms with Crippen LogP contribution in [0.2, 0.25) is 0 Å². The van der Waals surface area contributed by atoms with Crippen molar-refractivity contribution in [1.29, 1.82) is 0 Å². The van der Waals surface area contributed by atoms with E-state index in [-0.39, 0.29) is 12.5 Å². The van der Waals surface area contributed by atoms with Crippen LogP contribution in [-0.4, -0.2) is 40.4 Å². The number of rotatable bonds is 4. The molecule has 2 N–H and O–H groups in total. The van der Waals surface area contributed by atoms with Gasteiger partial charge in [-0.3, -0.25) is 9.00 Å². The number of carbonyl (C=O) groups excluding carboxylic acids is 1. The van der Waals surface area contributed by atoms with Crippen LogP contribution in [-0.2, 0) is 10.8 Å². The molecule has 1 aromatic carbocycles. The van der Waals surface area contributed by atoms with E-state index in [4.69, 9.17) is 5.11 Å². The molecule has 0 aliphatic rings. The Balaban J connectivity index is 2.56. The Morgan fingerprint density at radius 3 is 2.61 bits per heavy atom. The number of aliphatic hydroxyl groups is 1. The van der Waals surface area contributed by atoms with Gasteiger partial charge in [-0.2, -0.15) is 0 Å². The van der Waals surface area contributed by atoms with Crippen molar-refractivity contribution >= 4 is 16.7 Å². The first kappa shape index (κ1) is 14.4. The van der Waals surface area contributed by atoms with E-state index in [0.717, 1.165) is 5.56 Å². The van der Waals surface area contributed by atoms with Gasteiger partial charge in [-0.15, -0.1) is 0 Å². The Kier molecular flexibility index (Phi) is 6.12. The fourth-order valence-corrected chi connectivity index (χ4v) is 1.65. The second-order valence-corrected chi connectivity index (χ2v) is 5.13. The number of hydrogen-bond donors (Lipinski definition) is 2. The zero-order valence-electron chi connectivity index (χ0n) is 10.1. The molecule has 0 saturated heterocycles. The van der Waals surface area contributed by atoms with Crippen LogP contribution in [0, 0.1) is 11.8 Å². The summed E-state index contributed by atoms with van der Waals surface area (Å²) in [7, 11) is -0.903. The summed E-state index contributed by atoms with van der Waals surface area (Å²) in [6.07, 6.45) is 1.60. The van der Waals surface area contributed by atoms with Crippen molar-refractivity contribution < 1.29 is 14.1 Å². The van der Waals surface area contributed by atoms with E-state index in [9.17, 15) is 9.00 Å². The first-order valence-electron chi connectivity index (χ1n) is 5.41. The number of amides is 1. The minimum Gasteiger partial charge on any atom is -0.384 e. The Hall–Kier alpha value is -1.64. The first-order chi connectivity index (χ1) is 8.63. The van der Waals surface area contributed by atoms with Crippen molar-refractivity contribution in [3.8, 4) is 11.8 Å². The summed E-state index contributed by atoms with van der Waals surface area (Å²) >= 11 is 0. The number of aliphatic hydroxyl groups excluding tert-OH is 1. The van der Waals surface area contributed by atoms with E-state index in [1.165, 1.54) is 0 Å². The average Bonchev–Trinajstić information content (AvgIpc) is 2.36. The van der Waals surface area contributed by atoms with E-state index >= 15 is 0 Å². The predicted molar refractivity (Wildman–Crippen MR) is 71.7 cm³/mol. The third-order valence-electron chi connectivity index (χ3n) is 2.13. The van der Waals surface area contributed by atoms with Gasteiger partial charge in [0.2, 0.25) is 0 Å². The Morgan fingerprint density at radius 1 is 1.39 bits per heavy atom. The lowest BCUT2D eigenvalue weighted by molar-refractivity contribution is 0.0956. The second-order valence-electron chi connectivity index (χ2n) is 3.57. The minimum atomic E-state index is -0.903. The summed E-state index contributed by atoms with van der Waals surface area (Å²) in [4.78, 5) is 11.7. The maximum Gasteiger partial charge on any atom is 0.251 e. The molecule has 5 heteroatoms. The molecule has 18 heavy (non-hydrogen) atoms. The standard InChI is InChI=1S/C13H15NO3S/c1-18(17)10-8-14-13(16)12-6-4-11(5-7-12)3-2-9-15/h4-7,15H,8-10H2,1H3,(H,14,16). The summed E-state index contributed by atoms with van der Waals surface area (Å²) < 4.78 is 10.8. The summed E-state index contributed by atoms with van der Waals surface area (Å²) in [5.41, 5.74) is 1.28. The van der Waals surface area contributed by atoms with Crippen LogP contribution in [0.5, 0.6) is 0 Å². The molecule has 0 heterocycles. The molecule has 1 amide bonds. The topological polar surface area (TPSA) is 66.4 Å². The lowest BCUT2D eigenvalue weighted by Crippen LogP contribution is -2.27. The van der Waals surface area contributed by atoms with E-state index in [1.807, 2.05) is 0 Å². The molecule has 0 spiro atoms. The number of hydrogen-bond acceptors (Lipinski definition) is 3. The molecular formula is C13H15NO3S. The molecule has 0 aliphatic carbocycles. The highest BCUT2D eigenvalue weighted by molar-refractivity contribution is 7.84. The highest BCUT2D eigenvalue weighted by Gasteiger charge is 2.04. The molecule has 0 saturated carbocycles. The lowest BCUT2D eigenvalue weighted by atomic mass is 10.1. The second kappa shape index (κ2) is 7.64. The average molecular weight is 265 g/mol. The van der Waals surface area contributed by atoms with E-state index in [1.54, 1.807) is 30.5 Å². The van der Waals surface area contributed by atoms with Crippen molar-refractivity contribution in [2.45, 2.75) is 0 Å². The summed E-state index contributed by atoms with van der Waals surface area (Å²) in [6.45, 7) is 0.213. The van der Waals surface area contributed by atoms with Gasteiger partial charge < -0.3 is 10.4 Å². The highest BCUT2D eigenvalue weighted by Crippen LogP contribution is 2.03. The summed E-state index contributed by atoms with van der Waals surface area (Å²) in [5.74, 6) is 5.54. The molecule has 1 aromatic rings. The van der Waals surface area contributed by atoms with Crippen LogP contribution in [0.4, 0.5) is 0 Å². The third-order valence-corrected chi connectivity index (χ3v) is 2.91. The fraction of sp³-hybridized carbons (Fsp3) is 0.308. The molecular weight excluding hydrogens is 250 g/mol. The molecule has 0 radical (unpaired) electrons. The zero-order valence-corrected chi connectivity index (χ0v) is 10.9. The van der Waals surface area contributed by atoms with Gasteiger partial charge in [0.15, 0.2) is 0 Å². The quantitative estimate of drug-likeness (QED) is 0.761. The fourth-order valence-electron chi connectivity index (χ4n) is 1.26. The van der Waals surface area contributed by atoms with E-state index in [2.05, 4.69) is 17.2 Å². The highest BCUT2D eigenvalue weighted by atomic mass is 32.2. The SMILES string of the molecule is CS(=O)CCNC(=O)c1ccc(C#CCO)cc1. The van der Waals surface area contributed by atoms with Gasteiger partial charge in [0.1, 0.15) is 6.61 Å². The molecule has 1 unspecified atom stereocenters. The van der Waals surface area contributed by atoms with Gasteiger partial charge in [0.25, 0.3) is 5.91 Å². The smallest absolute Gasteiger partial charge is 0.251 e. The minimum absolute atomic E-state index is 0.184. The molecule has 0 fully saturated rings. The van der Waals surface area contributed by atoms with Gasteiger partial charge >= 0.3 is 0 Å². The van der Waals surface area contributed by atoms with E-state index < -0.39 is 10.8 Å². The predicted octanol–water partition coefficient (Wildman–Crippen LogP) is 0.139. The van der Waals surface area contributed by atoms with Gasteiger partial charge in [0.05, 0.1) is 0 Å². The van der Waals surface area contributed by atoms with Gasteiger partial charge in [-0.1, -0.05) is 11.8 Å². The molecule has 0 aliphatic heterocycles. The van der Waals surface area contributed by atoms with Crippen LogP contribution in [0.1, 0.15) is 15.9 Å². The molecule has 96 valence electrons. The van der Waals surface area contributed by atoms with Gasteiger partial charge in [-0.05, 0) is 24.3 Å². The van der Waals surface area contributed by atoms with Crippen molar-refractivity contribution in [3.63, 3.8) is 0 Å². The maximum atomic E-state index is 11.7. The Morgan fingerprint density at radius 2 is 2.06 bits per heavy atom. The molecule has 1 rings (SSSR count). The Labute approximate surface area is 109 Å². The lowest BCUT2D eigenvalue weighted by Gasteiger charge is -2.03. The number of benzene rings is 1. The van der Waals surface area contributed by atoms with Crippen LogP contribution >= 0.6 is 0 Å². The zero-order chi connectivity index (χ0) is 13.4. The largest absolute Gasteiger partial charge is 0.384 e. The van der Waals surface area contributed by atoms with Crippen molar-refractivity contribution in [3.05, 3.63) is 35.4 Å². The Bertz CT molecular complexity index is 485. The van der Waals surface area contributed by atoms with Crippen LogP contribution in [0.15, 0.2) is 24.3 Å². The maximum absolute atomic E-state index is 11.7. The van der Waals surface area contributed by atoms with Crippen LogP contribution < -0.4 is 5.32 Å². The van der Waals surface area contributed by atoms with Crippen LogP contribution in [0.25, 0.3) is 0 Å². The number of carbonyl (C=O) groups is 1. The monoisotopic (exact) mass is 265 g/mol. The summed E-state index contributed by atoms with van der Waals surface area (Å²) in [5, 5.41) is 11.2. The van der Waals surface area contributed by atoms with Crippen LogP contribution in [0.3, 0.4) is 0 Å². The normalized spacial score (nSPS) is 11.2. The third kappa shape index (κ3) is 5.13. The summed E-state index contributed by atoms with van der Waals surface area (Å²) in [6, 6.07) is 6.77.